The minimum atomic E-state index is -4.00. The van der Waals surface area contributed by atoms with Gasteiger partial charge in [-0.3, -0.25) is 5.32 Å². The molecule has 4 rings (SSSR count). The molecule has 12 heteroatoms. The van der Waals surface area contributed by atoms with Crippen LogP contribution in [0.15, 0.2) is 5.11 Å². The Bertz CT molecular complexity index is 579. The van der Waals surface area contributed by atoms with Crippen LogP contribution in [-0.4, -0.2) is 72.6 Å². The molecule has 4 fully saturated rings. The highest BCUT2D eigenvalue weighted by atomic mass is 19.3. The first-order chi connectivity index (χ1) is 11.9. The number of ether oxygens (including phenoxy) is 4. The van der Waals surface area contributed by atoms with Crippen LogP contribution in [0.5, 0.6) is 0 Å². The Morgan fingerprint density at radius 1 is 1.40 bits per heavy atom. The van der Waals surface area contributed by atoms with Gasteiger partial charge in [-0.2, -0.15) is 8.78 Å². The second-order valence-corrected chi connectivity index (χ2v) is 6.69. The van der Waals surface area contributed by atoms with E-state index in [1.54, 1.807) is 0 Å². The third kappa shape index (κ3) is 3.44. The maximum absolute atomic E-state index is 13.4. The molecule has 0 aromatic carbocycles. The summed E-state index contributed by atoms with van der Waals surface area (Å²) in [5.41, 5.74) is 8.18. The molecule has 10 nitrogen and oxygen atoms in total. The van der Waals surface area contributed by atoms with E-state index in [1.807, 2.05) is 11.8 Å². The lowest BCUT2D eigenvalue weighted by molar-refractivity contribution is -0.265. The van der Waals surface area contributed by atoms with Gasteiger partial charge in [-0.25, -0.2) is 4.90 Å². The Balaban J connectivity index is 1.44. The molecule has 4 aliphatic rings. The number of nitrogens with zero attached hydrogens (tertiary/aromatic N) is 4. The topological polar surface area (TPSA) is 128 Å². The molecule has 25 heavy (non-hydrogen) atoms. The SMILES string of the molecule is CC1CN(C2CC(OC(F)(F)N=[N+]=[N-])C(CO)O2)C2OC2NC2OC12. The van der Waals surface area contributed by atoms with Gasteiger partial charge in [-0.05, 0) is 11.4 Å². The third-order valence-electron chi connectivity index (χ3n) is 4.89. The lowest BCUT2D eigenvalue weighted by Gasteiger charge is -2.30. The minimum absolute atomic E-state index is 0.000420. The van der Waals surface area contributed by atoms with Crippen LogP contribution < -0.4 is 5.32 Å². The number of hydrogen-bond donors (Lipinski definition) is 2. The summed E-state index contributed by atoms with van der Waals surface area (Å²) in [6.07, 6.45) is -6.86. The lowest BCUT2D eigenvalue weighted by atomic mass is 10.1. The molecule has 0 saturated carbocycles. The van der Waals surface area contributed by atoms with E-state index < -0.39 is 31.3 Å². The van der Waals surface area contributed by atoms with Crippen molar-refractivity contribution >= 4 is 0 Å². The minimum Gasteiger partial charge on any atom is -0.394 e. The normalized spacial score (nSPS) is 46.4. The Morgan fingerprint density at radius 2 is 2.20 bits per heavy atom. The molecule has 0 aromatic heterocycles. The molecule has 2 N–H and O–H groups in total. The van der Waals surface area contributed by atoms with Gasteiger partial charge in [0, 0.05) is 23.0 Å². The molecule has 0 amide bonds. The molecule has 0 bridgehead atoms. The van der Waals surface area contributed by atoms with Gasteiger partial charge < -0.3 is 24.1 Å². The van der Waals surface area contributed by atoms with Crippen molar-refractivity contribution < 1.29 is 32.8 Å². The van der Waals surface area contributed by atoms with Crippen molar-refractivity contribution in [3.8, 4) is 0 Å². The van der Waals surface area contributed by atoms with Crippen LogP contribution in [0.2, 0.25) is 0 Å². The van der Waals surface area contributed by atoms with Crippen LogP contribution in [0, 0.1) is 5.92 Å². The molecule has 4 saturated heterocycles. The summed E-state index contributed by atoms with van der Waals surface area (Å²) in [6.45, 7) is 2.15. The van der Waals surface area contributed by atoms with E-state index in [1.165, 1.54) is 0 Å². The molecule has 0 spiro atoms. The van der Waals surface area contributed by atoms with Crippen LogP contribution in [0.3, 0.4) is 0 Å². The Morgan fingerprint density at radius 3 is 2.92 bits per heavy atom. The average Bonchev–Trinajstić information content (AvgIpc) is 3.43. The van der Waals surface area contributed by atoms with E-state index in [-0.39, 0.29) is 37.1 Å². The van der Waals surface area contributed by atoms with E-state index in [2.05, 4.69) is 20.1 Å². The van der Waals surface area contributed by atoms with Crippen LogP contribution in [0.25, 0.3) is 10.4 Å². The molecule has 4 aliphatic heterocycles. The number of fused-ring (bicyclic) bond motifs is 2. The largest absolute Gasteiger partial charge is 0.437 e. The summed E-state index contributed by atoms with van der Waals surface area (Å²) in [6, 6.07) is 0. The number of azide groups is 1. The zero-order valence-electron chi connectivity index (χ0n) is 13.4. The molecular formula is C13H19F2N5O5. The number of halogens is 2. The zero-order chi connectivity index (χ0) is 17.8. The van der Waals surface area contributed by atoms with E-state index in [4.69, 9.17) is 19.7 Å². The highest BCUT2D eigenvalue weighted by molar-refractivity contribution is 4.99. The molecule has 0 radical (unpaired) electrons. The van der Waals surface area contributed by atoms with Crippen LogP contribution in [0.1, 0.15) is 13.3 Å². The second kappa shape index (κ2) is 6.25. The fourth-order valence-electron chi connectivity index (χ4n) is 3.60. The summed E-state index contributed by atoms with van der Waals surface area (Å²) >= 11 is 0. The number of hydrogen-bond acceptors (Lipinski definition) is 8. The van der Waals surface area contributed by atoms with E-state index in [9.17, 15) is 13.9 Å². The van der Waals surface area contributed by atoms with Gasteiger partial charge in [0.1, 0.15) is 24.7 Å². The second-order valence-electron chi connectivity index (χ2n) is 6.69. The molecule has 4 heterocycles. The summed E-state index contributed by atoms with van der Waals surface area (Å²) in [5.74, 6) is 0.198. The van der Waals surface area contributed by atoms with Crippen molar-refractivity contribution in [2.45, 2.75) is 62.8 Å². The Kier molecular flexibility index (Phi) is 4.33. The number of epoxide rings is 2. The van der Waals surface area contributed by atoms with Crippen molar-refractivity contribution in [2.24, 2.45) is 11.0 Å². The van der Waals surface area contributed by atoms with Gasteiger partial charge in [0.25, 0.3) is 0 Å². The maximum Gasteiger partial charge on any atom is 0.437 e. The third-order valence-corrected chi connectivity index (χ3v) is 4.89. The van der Waals surface area contributed by atoms with Gasteiger partial charge in [0.2, 0.25) is 0 Å². The summed E-state index contributed by atoms with van der Waals surface area (Å²) < 4.78 is 48.3. The zero-order valence-corrected chi connectivity index (χ0v) is 13.4. The van der Waals surface area contributed by atoms with Crippen LogP contribution in [-0.2, 0) is 18.9 Å². The highest BCUT2D eigenvalue weighted by Crippen LogP contribution is 2.40. The average molecular weight is 363 g/mol. The fourth-order valence-corrected chi connectivity index (χ4v) is 3.60. The molecule has 0 aromatic rings. The van der Waals surface area contributed by atoms with Gasteiger partial charge in [-0.15, -0.1) is 0 Å². The number of nitrogens with one attached hydrogen (secondary N) is 1. The van der Waals surface area contributed by atoms with Gasteiger partial charge in [-0.1, -0.05) is 6.92 Å². The van der Waals surface area contributed by atoms with Crippen molar-refractivity contribution in [1.29, 1.82) is 0 Å². The highest BCUT2D eigenvalue weighted by Gasteiger charge is 2.58. The lowest BCUT2D eigenvalue weighted by Crippen LogP contribution is -2.46. The first-order valence-electron chi connectivity index (χ1n) is 8.13. The maximum atomic E-state index is 13.4. The standard InChI is InChI=1S/C13H19F2N5O5/c1-5-3-20(12-11(24-12)17-10-9(5)23-10)8-2-6(7(4-21)22-8)25-13(14,15)18-19-16/h5-12,17,21H,2-4H2,1H3. The Hall–Kier alpha value is -1.11. The first-order valence-corrected chi connectivity index (χ1v) is 8.13. The fraction of sp³-hybridized carbons (Fsp3) is 1.00. The van der Waals surface area contributed by atoms with Gasteiger partial charge in [0.05, 0.1) is 12.7 Å². The Labute approximate surface area is 141 Å². The van der Waals surface area contributed by atoms with Crippen molar-refractivity contribution in [3.05, 3.63) is 10.4 Å². The predicted octanol–water partition coefficient (Wildman–Crippen LogP) is 0.288. The first kappa shape index (κ1) is 17.3. The smallest absolute Gasteiger partial charge is 0.394 e. The van der Waals surface area contributed by atoms with E-state index >= 15 is 0 Å². The van der Waals surface area contributed by atoms with Crippen molar-refractivity contribution in [2.75, 3.05) is 13.2 Å². The molecular weight excluding hydrogens is 344 g/mol. The molecule has 0 aliphatic carbocycles. The van der Waals surface area contributed by atoms with E-state index in [0.717, 1.165) is 0 Å². The van der Waals surface area contributed by atoms with Crippen LogP contribution in [0.4, 0.5) is 8.78 Å². The monoisotopic (exact) mass is 363 g/mol. The summed E-state index contributed by atoms with van der Waals surface area (Å²) in [4.78, 5) is 4.00. The number of alkyl halides is 2. The number of aliphatic hydroxyl groups is 1. The summed E-state index contributed by atoms with van der Waals surface area (Å²) in [5, 5.41) is 15.0. The number of rotatable bonds is 5. The van der Waals surface area contributed by atoms with Crippen molar-refractivity contribution in [1.82, 2.24) is 10.2 Å². The molecule has 8 unspecified atom stereocenters. The van der Waals surface area contributed by atoms with Crippen LogP contribution >= 0.6 is 0 Å². The van der Waals surface area contributed by atoms with E-state index in [0.29, 0.717) is 6.54 Å². The summed E-state index contributed by atoms with van der Waals surface area (Å²) in [7, 11) is 0. The quantitative estimate of drug-likeness (QED) is 0.236. The van der Waals surface area contributed by atoms with Gasteiger partial charge >= 0.3 is 6.23 Å². The molecule has 140 valence electrons. The van der Waals surface area contributed by atoms with Gasteiger partial charge in [0.15, 0.2) is 12.5 Å². The molecule has 8 atom stereocenters. The number of aliphatic hydroxyl groups excluding tert-OH is 1. The predicted molar refractivity (Wildman–Crippen MR) is 75.7 cm³/mol. The van der Waals surface area contributed by atoms with Crippen molar-refractivity contribution in [3.63, 3.8) is 0 Å².